The average Bonchev–Trinajstić information content (AvgIpc) is 3.51. The lowest BCUT2D eigenvalue weighted by atomic mass is 9.84. The van der Waals surface area contributed by atoms with Crippen molar-refractivity contribution < 1.29 is 18.7 Å². The van der Waals surface area contributed by atoms with Gasteiger partial charge in [0.2, 0.25) is 0 Å². The monoisotopic (exact) mass is 417 g/mol. The minimum Gasteiger partial charge on any atom is -0.468 e. The van der Waals surface area contributed by atoms with E-state index in [1.165, 1.54) is 0 Å². The summed E-state index contributed by atoms with van der Waals surface area (Å²) in [6.07, 6.45) is 1.68. The first kappa shape index (κ1) is 21.1. The lowest BCUT2D eigenvalue weighted by Gasteiger charge is -2.27. The molecule has 0 saturated heterocycles. The molecule has 0 aliphatic heterocycles. The minimum absolute atomic E-state index is 0.490. The van der Waals surface area contributed by atoms with Crippen molar-refractivity contribution in [1.29, 1.82) is 0 Å². The van der Waals surface area contributed by atoms with Gasteiger partial charge in [-0.05, 0) is 35.4 Å². The molecule has 0 amide bonds. The average molecular weight is 418 g/mol. The van der Waals surface area contributed by atoms with E-state index in [1.807, 2.05) is 84.9 Å². The van der Waals surface area contributed by atoms with E-state index >= 15 is 0 Å². The number of ether oxygens (including phenoxy) is 1. The molecule has 1 N–H and O–H groups in total. The number of benzene rings is 2. The van der Waals surface area contributed by atoms with E-state index in [4.69, 9.17) is 13.6 Å². The third-order valence-electron chi connectivity index (χ3n) is 5.35. The van der Waals surface area contributed by atoms with E-state index in [0.717, 1.165) is 29.2 Å². The van der Waals surface area contributed by atoms with E-state index in [2.05, 4.69) is 4.90 Å². The first-order valence-corrected chi connectivity index (χ1v) is 10.4. The molecule has 4 rings (SSSR count). The molecule has 2 aromatic carbocycles. The van der Waals surface area contributed by atoms with Gasteiger partial charge in [-0.25, -0.2) is 0 Å². The lowest BCUT2D eigenvalue weighted by molar-refractivity contribution is 0.0926. The third-order valence-corrected chi connectivity index (χ3v) is 5.35. The van der Waals surface area contributed by atoms with Crippen molar-refractivity contribution in [3.05, 3.63) is 120 Å². The highest BCUT2D eigenvalue weighted by molar-refractivity contribution is 5.43. The van der Waals surface area contributed by atoms with Crippen molar-refractivity contribution in [1.82, 2.24) is 4.90 Å². The molecule has 2 heterocycles. The predicted octanol–water partition coefficient (Wildman–Crippen LogP) is 4.81. The number of aliphatic hydroxyl groups is 1. The molecule has 0 aliphatic carbocycles. The standard InChI is InChI=1S/C26H27NO4/c1-29-18-16-27(19-23-13-8-17-30-23)20-24-14-15-25(31-24)26(28,21-9-4-2-5-10-21)22-11-6-3-7-12-22/h2-15,17,28H,16,18-20H2,1H3. The summed E-state index contributed by atoms with van der Waals surface area (Å²) in [5.41, 5.74) is 0.141. The quantitative estimate of drug-likeness (QED) is 0.401. The van der Waals surface area contributed by atoms with E-state index in [-0.39, 0.29) is 0 Å². The molecule has 5 nitrogen and oxygen atoms in total. The lowest BCUT2D eigenvalue weighted by Crippen LogP contribution is -2.28. The summed E-state index contributed by atoms with van der Waals surface area (Å²) in [6, 6.07) is 26.8. The second-order valence-corrected chi connectivity index (χ2v) is 7.49. The molecule has 160 valence electrons. The molecule has 0 atom stereocenters. The van der Waals surface area contributed by atoms with E-state index in [1.54, 1.807) is 13.4 Å². The zero-order chi connectivity index (χ0) is 21.5. The molecule has 0 fully saturated rings. The maximum Gasteiger partial charge on any atom is 0.173 e. The SMILES string of the molecule is COCCN(Cc1ccco1)Cc1ccc(C(O)(c2ccccc2)c2ccccc2)o1. The van der Waals surface area contributed by atoms with Crippen LogP contribution in [0, 0.1) is 0 Å². The number of hydrogen-bond acceptors (Lipinski definition) is 5. The molecular formula is C26H27NO4. The van der Waals surface area contributed by atoms with Crippen LogP contribution in [-0.4, -0.2) is 30.3 Å². The fourth-order valence-corrected chi connectivity index (χ4v) is 3.74. The van der Waals surface area contributed by atoms with Gasteiger partial charge in [0.1, 0.15) is 17.3 Å². The van der Waals surface area contributed by atoms with Crippen molar-refractivity contribution in [3.63, 3.8) is 0 Å². The van der Waals surface area contributed by atoms with Crippen molar-refractivity contribution >= 4 is 0 Å². The van der Waals surface area contributed by atoms with Crippen LogP contribution in [0.2, 0.25) is 0 Å². The first-order chi connectivity index (χ1) is 15.2. The Morgan fingerprint density at radius 3 is 2.03 bits per heavy atom. The number of rotatable bonds is 10. The molecule has 4 aromatic rings. The van der Waals surface area contributed by atoms with Gasteiger partial charge in [0.15, 0.2) is 5.60 Å². The van der Waals surface area contributed by atoms with E-state index in [9.17, 15) is 5.11 Å². The topological polar surface area (TPSA) is 59.0 Å². The van der Waals surface area contributed by atoms with Gasteiger partial charge in [-0.2, -0.15) is 0 Å². The molecule has 0 bridgehead atoms. The Balaban J connectivity index is 1.63. The van der Waals surface area contributed by atoms with Crippen LogP contribution in [-0.2, 0) is 23.4 Å². The second kappa shape index (κ2) is 9.79. The van der Waals surface area contributed by atoms with Crippen molar-refractivity contribution in [2.75, 3.05) is 20.3 Å². The van der Waals surface area contributed by atoms with Crippen LogP contribution >= 0.6 is 0 Å². The summed E-state index contributed by atoms with van der Waals surface area (Å²) in [7, 11) is 1.69. The van der Waals surface area contributed by atoms with Crippen LogP contribution in [0.15, 0.2) is 100 Å². The summed E-state index contributed by atoms with van der Waals surface area (Å²) in [5, 5.41) is 11.9. The van der Waals surface area contributed by atoms with Gasteiger partial charge in [-0.3, -0.25) is 4.90 Å². The number of furan rings is 2. The molecule has 0 unspecified atom stereocenters. The molecule has 31 heavy (non-hydrogen) atoms. The third kappa shape index (κ3) is 4.80. The minimum atomic E-state index is -1.38. The molecule has 0 saturated carbocycles. The zero-order valence-corrected chi connectivity index (χ0v) is 17.6. The van der Waals surface area contributed by atoms with Gasteiger partial charge in [-0.15, -0.1) is 0 Å². The largest absolute Gasteiger partial charge is 0.468 e. The first-order valence-electron chi connectivity index (χ1n) is 10.4. The number of hydrogen-bond donors (Lipinski definition) is 1. The van der Waals surface area contributed by atoms with Crippen molar-refractivity contribution in [2.24, 2.45) is 0 Å². The number of methoxy groups -OCH3 is 1. The molecule has 0 radical (unpaired) electrons. The van der Waals surface area contributed by atoms with Crippen LogP contribution in [0.5, 0.6) is 0 Å². The summed E-state index contributed by atoms with van der Waals surface area (Å²) in [6.45, 7) is 2.55. The maximum absolute atomic E-state index is 11.9. The summed E-state index contributed by atoms with van der Waals surface area (Å²) >= 11 is 0. The van der Waals surface area contributed by atoms with Crippen LogP contribution in [0.25, 0.3) is 0 Å². The Morgan fingerprint density at radius 1 is 0.806 bits per heavy atom. The van der Waals surface area contributed by atoms with Gasteiger partial charge >= 0.3 is 0 Å². The molecule has 2 aromatic heterocycles. The van der Waals surface area contributed by atoms with Gasteiger partial charge < -0.3 is 18.7 Å². The highest BCUT2D eigenvalue weighted by Crippen LogP contribution is 2.37. The van der Waals surface area contributed by atoms with E-state index in [0.29, 0.717) is 25.5 Å². The Kier molecular flexibility index (Phi) is 6.67. The molecule has 0 spiro atoms. The highest BCUT2D eigenvalue weighted by atomic mass is 16.5. The Hall–Kier alpha value is -3.12. The fraction of sp³-hybridized carbons (Fsp3) is 0.231. The molecular weight excluding hydrogens is 390 g/mol. The fourth-order valence-electron chi connectivity index (χ4n) is 3.74. The summed E-state index contributed by atoms with van der Waals surface area (Å²) in [4.78, 5) is 2.19. The Morgan fingerprint density at radius 2 is 1.45 bits per heavy atom. The maximum atomic E-state index is 11.9. The van der Waals surface area contributed by atoms with Crippen LogP contribution < -0.4 is 0 Å². The normalized spacial score (nSPS) is 11.8. The summed E-state index contributed by atoms with van der Waals surface area (Å²) < 4.78 is 17.0. The van der Waals surface area contributed by atoms with Gasteiger partial charge in [0.05, 0.1) is 26.0 Å². The molecule has 5 heteroatoms. The zero-order valence-electron chi connectivity index (χ0n) is 17.6. The summed E-state index contributed by atoms with van der Waals surface area (Å²) in [5.74, 6) is 2.14. The Bertz CT molecular complexity index is 1000. The van der Waals surface area contributed by atoms with Gasteiger partial charge in [0, 0.05) is 13.7 Å². The van der Waals surface area contributed by atoms with E-state index < -0.39 is 5.60 Å². The van der Waals surface area contributed by atoms with Crippen LogP contribution in [0.3, 0.4) is 0 Å². The van der Waals surface area contributed by atoms with Gasteiger partial charge in [-0.1, -0.05) is 60.7 Å². The highest BCUT2D eigenvalue weighted by Gasteiger charge is 2.37. The second-order valence-electron chi connectivity index (χ2n) is 7.49. The van der Waals surface area contributed by atoms with Crippen LogP contribution in [0.4, 0.5) is 0 Å². The Labute approximate surface area is 182 Å². The van der Waals surface area contributed by atoms with Crippen molar-refractivity contribution in [2.45, 2.75) is 18.7 Å². The molecule has 0 aliphatic rings. The van der Waals surface area contributed by atoms with Crippen LogP contribution in [0.1, 0.15) is 28.4 Å². The van der Waals surface area contributed by atoms with Crippen molar-refractivity contribution in [3.8, 4) is 0 Å². The smallest absolute Gasteiger partial charge is 0.173 e. The predicted molar refractivity (Wildman–Crippen MR) is 118 cm³/mol. The van der Waals surface area contributed by atoms with Gasteiger partial charge in [0.25, 0.3) is 0 Å². The number of nitrogens with zero attached hydrogens (tertiary/aromatic N) is 1.